The molecule has 5 nitrogen and oxygen atoms in total. The summed E-state index contributed by atoms with van der Waals surface area (Å²) in [6.45, 7) is 2.02. The Labute approximate surface area is 103 Å². The Balaban J connectivity index is 2.95. The summed E-state index contributed by atoms with van der Waals surface area (Å²) < 4.78 is 23.6. The van der Waals surface area contributed by atoms with Crippen LogP contribution in [-0.4, -0.2) is 34.6 Å². The molecule has 0 spiro atoms. The van der Waals surface area contributed by atoms with E-state index in [0.717, 1.165) is 5.56 Å². The number of nitrogens with zero attached hydrogens (tertiary/aromatic N) is 1. The summed E-state index contributed by atoms with van der Waals surface area (Å²) in [7, 11) is 1.68. The fourth-order valence-corrected chi connectivity index (χ4v) is 2.48. The second-order valence-electron chi connectivity index (χ2n) is 4.07. The van der Waals surface area contributed by atoms with Crippen LogP contribution in [0.25, 0.3) is 0 Å². The predicted molar refractivity (Wildman–Crippen MR) is 67.9 cm³/mol. The fraction of sp³-hybridized carbons (Fsp3) is 0.455. The van der Waals surface area contributed by atoms with Crippen LogP contribution in [0, 0.1) is 0 Å². The highest BCUT2D eigenvalue weighted by atomic mass is 32.2. The molecule has 0 bridgehead atoms. The number of nitrogens with one attached hydrogen (secondary N) is 2. The molecule has 1 atom stereocenters. The van der Waals surface area contributed by atoms with Gasteiger partial charge in [0.05, 0.1) is 4.90 Å². The first kappa shape index (κ1) is 14.1. The van der Waals surface area contributed by atoms with E-state index in [1.54, 1.807) is 26.2 Å². The number of benzene rings is 1. The Kier molecular flexibility index (Phi) is 4.64. The molecule has 0 amide bonds. The van der Waals surface area contributed by atoms with Gasteiger partial charge in [-0.3, -0.25) is 0 Å². The van der Waals surface area contributed by atoms with E-state index in [1.807, 2.05) is 26.1 Å². The molecule has 0 aliphatic rings. The summed E-state index contributed by atoms with van der Waals surface area (Å²) in [5, 5.41) is 4.50. The van der Waals surface area contributed by atoms with Crippen molar-refractivity contribution in [3.8, 4) is 0 Å². The minimum absolute atomic E-state index is 0.202. The lowest BCUT2D eigenvalue weighted by atomic mass is 10.1. The lowest BCUT2D eigenvalue weighted by Crippen LogP contribution is -2.36. The van der Waals surface area contributed by atoms with E-state index in [1.165, 1.54) is 5.01 Å². The van der Waals surface area contributed by atoms with Crippen molar-refractivity contribution in [3.05, 3.63) is 29.8 Å². The third-order valence-electron chi connectivity index (χ3n) is 2.43. The van der Waals surface area contributed by atoms with Crippen LogP contribution in [0.2, 0.25) is 0 Å². The SMILES string of the molecule is CNC(C)c1ccc(S(=O)(=O)NN(C)C)cc1. The van der Waals surface area contributed by atoms with E-state index in [0.29, 0.717) is 0 Å². The van der Waals surface area contributed by atoms with E-state index in [-0.39, 0.29) is 10.9 Å². The minimum Gasteiger partial charge on any atom is -0.313 e. The zero-order chi connectivity index (χ0) is 13.1. The highest BCUT2D eigenvalue weighted by molar-refractivity contribution is 7.89. The van der Waals surface area contributed by atoms with E-state index in [4.69, 9.17) is 0 Å². The van der Waals surface area contributed by atoms with E-state index >= 15 is 0 Å². The van der Waals surface area contributed by atoms with Gasteiger partial charge in [-0.2, -0.15) is 0 Å². The van der Waals surface area contributed by atoms with Crippen molar-refractivity contribution in [2.75, 3.05) is 21.1 Å². The summed E-state index contributed by atoms with van der Waals surface area (Å²) in [4.78, 5) is 2.65. The zero-order valence-corrected chi connectivity index (χ0v) is 11.4. The van der Waals surface area contributed by atoms with Gasteiger partial charge in [-0.25, -0.2) is 13.4 Å². The summed E-state index contributed by atoms with van der Waals surface area (Å²) in [6.07, 6.45) is 0. The van der Waals surface area contributed by atoms with Crippen molar-refractivity contribution >= 4 is 10.0 Å². The lowest BCUT2D eigenvalue weighted by Gasteiger charge is -2.14. The highest BCUT2D eigenvalue weighted by Crippen LogP contribution is 2.15. The number of sulfonamides is 1. The van der Waals surface area contributed by atoms with Crippen LogP contribution in [0.15, 0.2) is 29.2 Å². The molecule has 0 radical (unpaired) electrons. The third-order valence-corrected chi connectivity index (χ3v) is 3.92. The maximum absolute atomic E-state index is 11.8. The summed E-state index contributed by atoms with van der Waals surface area (Å²) in [5.74, 6) is 0. The van der Waals surface area contributed by atoms with E-state index in [9.17, 15) is 8.42 Å². The van der Waals surface area contributed by atoms with Crippen LogP contribution in [0.4, 0.5) is 0 Å². The second kappa shape index (κ2) is 5.59. The predicted octanol–water partition coefficient (Wildman–Crippen LogP) is 0.722. The Hall–Kier alpha value is -0.950. The zero-order valence-electron chi connectivity index (χ0n) is 10.6. The maximum atomic E-state index is 11.8. The number of hydrazine groups is 1. The van der Waals surface area contributed by atoms with Crippen LogP contribution in [0.1, 0.15) is 18.5 Å². The molecule has 96 valence electrons. The molecular formula is C11H19N3O2S. The molecule has 0 saturated carbocycles. The standard InChI is InChI=1S/C11H19N3O2S/c1-9(12-2)10-5-7-11(8-6-10)17(15,16)13-14(3)4/h5-9,12-13H,1-4H3. The molecule has 0 fully saturated rings. The van der Waals surface area contributed by atoms with E-state index in [2.05, 4.69) is 10.1 Å². The van der Waals surface area contributed by atoms with Gasteiger partial charge in [-0.1, -0.05) is 12.1 Å². The summed E-state index contributed by atoms with van der Waals surface area (Å²) >= 11 is 0. The molecule has 1 rings (SSSR count). The molecule has 17 heavy (non-hydrogen) atoms. The molecule has 6 heteroatoms. The second-order valence-corrected chi connectivity index (χ2v) is 5.73. The molecular weight excluding hydrogens is 238 g/mol. The molecule has 1 aromatic carbocycles. The van der Waals surface area contributed by atoms with Crippen molar-refractivity contribution in [1.29, 1.82) is 0 Å². The first-order valence-corrected chi connectivity index (χ1v) is 6.82. The Bertz CT molecular complexity index is 454. The van der Waals surface area contributed by atoms with Gasteiger partial charge in [0.2, 0.25) is 0 Å². The lowest BCUT2D eigenvalue weighted by molar-refractivity contribution is 0.364. The minimum atomic E-state index is -3.45. The highest BCUT2D eigenvalue weighted by Gasteiger charge is 2.14. The van der Waals surface area contributed by atoms with Gasteiger partial charge in [0.15, 0.2) is 0 Å². The molecule has 0 heterocycles. The molecule has 2 N–H and O–H groups in total. The normalized spacial score (nSPS) is 13.9. The van der Waals surface area contributed by atoms with Crippen LogP contribution >= 0.6 is 0 Å². The number of hydrogen-bond acceptors (Lipinski definition) is 4. The monoisotopic (exact) mass is 257 g/mol. The summed E-state index contributed by atoms with van der Waals surface area (Å²) in [5.41, 5.74) is 1.05. The first-order valence-electron chi connectivity index (χ1n) is 5.34. The van der Waals surface area contributed by atoms with Crippen LogP contribution in [-0.2, 0) is 10.0 Å². The van der Waals surface area contributed by atoms with Gasteiger partial charge in [-0.15, -0.1) is 4.83 Å². The largest absolute Gasteiger partial charge is 0.313 e. The fourth-order valence-electron chi connectivity index (χ4n) is 1.40. The van der Waals surface area contributed by atoms with Crippen LogP contribution in [0.3, 0.4) is 0 Å². The molecule has 0 aliphatic carbocycles. The quantitative estimate of drug-likeness (QED) is 0.763. The molecule has 1 unspecified atom stereocenters. The van der Waals surface area contributed by atoms with Gasteiger partial charge in [-0.05, 0) is 31.7 Å². The van der Waals surface area contributed by atoms with Crippen molar-refractivity contribution in [3.63, 3.8) is 0 Å². The average Bonchev–Trinajstić information content (AvgIpc) is 2.26. The van der Waals surface area contributed by atoms with Crippen LogP contribution in [0.5, 0.6) is 0 Å². The molecule has 1 aromatic rings. The molecule has 0 aliphatic heterocycles. The smallest absolute Gasteiger partial charge is 0.253 e. The van der Waals surface area contributed by atoms with Crippen molar-refractivity contribution in [2.45, 2.75) is 17.9 Å². The van der Waals surface area contributed by atoms with E-state index < -0.39 is 10.0 Å². The average molecular weight is 257 g/mol. The number of rotatable bonds is 5. The topological polar surface area (TPSA) is 61.4 Å². The number of hydrogen-bond donors (Lipinski definition) is 2. The van der Waals surface area contributed by atoms with Gasteiger partial charge < -0.3 is 5.32 Å². The van der Waals surface area contributed by atoms with Crippen LogP contribution < -0.4 is 10.1 Å². The Morgan fingerprint density at radius 2 is 1.71 bits per heavy atom. The van der Waals surface area contributed by atoms with Crippen molar-refractivity contribution in [2.24, 2.45) is 0 Å². The van der Waals surface area contributed by atoms with Gasteiger partial charge in [0.25, 0.3) is 10.0 Å². The third kappa shape index (κ3) is 3.78. The molecule has 0 aromatic heterocycles. The Morgan fingerprint density at radius 1 is 1.18 bits per heavy atom. The molecule has 0 saturated heterocycles. The van der Waals surface area contributed by atoms with Gasteiger partial charge in [0.1, 0.15) is 0 Å². The van der Waals surface area contributed by atoms with Crippen molar-refractivity contribution in [1.82, 2.24) is 15.2 Å². The maximum Gasteiger partial charge on any atom is 0.253 e. The van der Waals surface area contributed by atoms with Gasteiger partial charge >= 0.3 is 0 Å². The van der Waals surface area contributed by atoms with Crippen molar-refractivity contribution < 1.29 is 8.42 Å². The van der Waals surface area contributed by atoms with Gasteiger partial charge in [0, 0.05) is 20.1 Å². The summed E-state index contributed by atoms with van der Waals surface area (Å²) in [6, 6.07) is 7.04. The first-order chi connectivity index (χ1) is 7.86. The Morgan fingerprint density at radius 3 is 2.12 bits per heavy atom.